The SMILES string of the molecule is CC1(C(=O)O)CCCCN1CC(=O)Nc1cccc(Br)c1. The highest BCUT2D eigenvalue weighted by atomic mass is 79.9. The van der Waals surface area contributed by atoms with Gasteiger partial charge in [0.05, 0.1) is 6.54 Å². The Morgan fingerprint density at radius 2 is 2.19 bits per heavy atom. The quantitative estimate of drug-likeness (QED) is 0.871. The first-order valence-corrected chi connectivity index (χ1v) is 7.75. The lowest BCUT2D eigenvalue weighted by Gasteiger charge is -2.41. The molecule has 1 aliphatic heterocycles. The van der Waals surface area contributed by atoms with Crippen LogP contribution in [0.3, 0.4) is 0 Å². The van der Waals surface area contributed by atoms with E-state index in [4.69, 9.17) is 0 Å². The fourth-order valence-electron chi connectivity index (χ4n) is 2.61. The van der Waals surface area contributed by atoms with Gasteiger partial charge in [-0.05, 0) is 50.9 Å². The Balaban J connectivity index is 2.02. The van der Waals surface area contributed by atoms with Crippen molar-refractivity contribution >= 4 is 33.5 Å². The molecule has 0 radical (unpaired) electrons. The number of carboxylic acids is 1. The Labute approximate surface area is 132 Å². The van der Waals surface area contributed by atoms with E-state index >= 15 is 0 Å². The molecule has 0 aliphatic carbocycles. The number of likely N-dealkylation sites (tertiary alicyclic amines) is 1. The molecule has 1 saturated heterocycles. The van der Waals surface area contributed by atoms with Crippen molar-refractivity contribution in [3.63, 3.8) is 0 Å². The van der Waals surface area contributed by atoms with E-state index in [1.165, 1.54) is 0 Å². The summed E-state index contributed by atoms with van der Waals surface area (Å²) in [5, 5.41) is 12.2. The number of amides is 1. The number of nitrogens with zero attached hydrogens (tertiary/aromatic N) is 1. The Kier molecular flexibility index (Phi) is 5.00. The number of hydrogen-bond donors (Lipinski definition) is 2. The van der Waals surface area contributed by atoms with E-state index in [9.17, 15) is 14.7 Å². The zero-order chi connectivity index (χ0) is 15.5. The highest BCUT2D eigenvalue weighted by Crippen LogP contribution is 2.28. The van der Waals surface area contributed by atoms with Gasteiger partial charge in [0.15, 0.2) is 0 Å². The van der Waals surface area contributed by atoms with E-state index in [2.05, 4.69) is 21.2 Å². The van der Waals surface area contributed by atoms with Crippen LogP contribution in [0.5, 0.6) is 0 Å². The molecule has 114 valence electrons. The van der Waals surface area contributed by atoms with Crippen LogP contribution in [-0.4, -0.2) is 40.5 Å². The van der Waals surface area contributed by atoms with Gasteiger partial charge in [0.1, 0.15) is 5.54 Å². The highest BCUT2D eigenvalue weighted by molar-refractivity contribution is 9.10. The third-order valence-electron chi connectivity index (χ3n) is 3.94. The maximum Gasteiger partial charge on any atom is 0.323 e. The fraction of sp³-hybridized carbons (Fsp3) is 0.467. The maximum atomic E-state index is 12.1. The predicted octanol–water partition coefficient (Wildman–Crippen LogP) is 2.72. The molecule has 1 aromatic rings. The van der Waals surface area contributed by atoms with Crippen LogP contribution in [0.2, 0.25) is 0 Å². The molecule has 1 aromatic carbocycles. The minimum atomic E-state index is -0.952. The maximum absolute atomic E-state index is 12.1. The summed E-state index contributed by atoms with van der Waals surface area (Å²) >= 11 is 3.35. The van der Waals surface area contributed by atoms with E-state index in [0.717, 1.165) is 17.3 Å². The molecular formula is C15H19BrN2O3. The largest absolute Gasteiger partial charge is 0.480 e. The van der Waals surface area contributed by atoms with E-state index in [1.807, 2.05) is 18.2 Å². The van der Waals surface area contributed by atoms with Gasteiger partial charge in [0.25, 0.3) is 0 Å². The number of rotatable bonds is 4. The van der Waals surface area contributed by atoms with Gasteiger partial charge < -0.3 is 10.4 Å². The number of piperidine rings is 1. The average molecular weight is 355 g/mol. The number of halogens is 1. The van der Waals surface area contributed by atoms with Crippen molar-refractivity contribution in [3.05, 3.63) is 28.7 Å². The van der Waals surface area contributed by atoms with Crippen LogP contribution < -0.4 is 5.32 Å². The van der Waals surface area contributed by atoms with Crippen LogP contribution in [0.4, 0.5) is 5.69 Å². The molecule has 5 nitrogen and oxygen atoms in total. The zero-order valence-corrected chi connectivity index (χ0v) is 13.5. The van der Waals surface area contributed by atoms with Crippen molar-refractivity contribution in [1.29, 1.82) is 0 Å². The van der Waals surface area contributed by atoms with E-state index in [1.54, 1.807) is 17.9 Å². The first-order valence-electron chi connectivity index (χ1n) is 6.96. The van der Waals surface area contributed by atoms with Gasteiger partial charge in [-0.25, -0.2) is 0 Å². The first-order chi connectivity index (χ1) is 9.91. The predicted molar refractivity (Wildman–Crippen MR) is 84.2 cm³/mol. The van der Waals surface area contributed by atoms with Gasteiger partial charge in [-0.1, -0.05) is 22.0 Å². The Morgan fingerprint density at radius 1 is 1.43 bits per heavy atom. The molecule has 1 unspecified atom stereocenters. The Bertz CT molecular complexity index is 549. The highest BCUT2D eigenvalue weighted by Gasteiger charge is 2.41. The summed E-state index contributed by atoms with van der Waals surface area (Å²) in [5.74, 6) is -1.06. The van der Waals surface area contributed by atoms with Crippen LogP contribution in [0.15, 0.2) is 28.7 Å². The lowest BCUT2D eigenvalue weighted by Crippen LogP contribution is -2.57. The number of carbonyl (C=O) groups excluding carboxylic acids is 1. The number of benzene rings is 1. The molecule has 1 heterocycles. The van der Waals surface area contributed by atoms with Crippen LogP contribution in [0, 0.1) is 0 Å². The molecular weight excluding hydrogens is 336 g/mol. The molecule has 0 saturated carbocycles. The number of nitrogens with one attached hydrogen (secondary N) is 1. The standard InChI is InChI=1S/C15H19BrN2O3/c1-15(14(20)21)7-2-3-8-18(15)10-13(19)17-12-6-4-5-11(16)9-12/h4-6,9H,2-3,7-8,10H2,1H3,(H,17,19)(H,20,21). The lowest BCUT2D eigenvalue weighted by atomic mass is 9.88. The summed E-state index contributed by atoms with van der Waals surface area (Å²) in [4.78, 5) is 25.4. The van der Waals surface area contributed by atoms with E-state index in [-0.39, 0.29) is 12.5 Å². The van der Waals surface area contributed by atoms with Crippen LogP contribution in [0.25, 0.3) is 0 Å². The van der Waals surface area contributed by atoms with Crippen molar-refractivity contribution in [3.8, 4) is 0 Å². The van der Waals surface area contributed by atoms with Gasteiger partial charge in [-0.2, -0.15) is 0 Å². The number of hydrogen-bond acceptors (Lipinski definition) is 3. The topological polar surface area (TPSA) is 69.6 Å². The van der Waals surface area contributed by atoms with E-state index in [0.29, 0.717) is 18.7 Å². The molecule has 0 bridgehead atoms. The van der Waals surface area contributed by atoms with Gasteiger partial charge in [-0.3, -0.25) is 14.5 Å². The summed E-state index contributed by atoms with van der Waals surface area (Å²) < 4.78 is 0.883. The second-order valence-electron chi connectivity index (χ2n) is 5.52. The molecule has 1 amide bonds. The summed E-state index contributed by atoms with van der Waals surface area (Å²) in [6, 6.07) is 7.32. The third kappa shape index (κ3) is 3.83. The minimum Gasteiger partial charge on any atom is -0.480 e. The monoisotopic (exact) mass is 354 g/mol. The van der Waals surface area contributed by atoms with Gasteiger partial charge in [0.2, 0.25) is 5.91 Å². The molecule has 2 N–H and O–H groups in total. The number of carboxylic acid groups (broad SMARTS) is 1. The number of carbonyl (C=O) groups is 2. The third-order valence-corrected chi connectivity index (χ3v) is 4.44. The molecule has 6 heteroatoms. The van der Waals surface area contributed by atoms with Crippen molar-refractivity contribution in [1.82, 2.24) is 4.90 Å². The number of aliphatic carboxylic acids is 1. The van der Waals surface area contributed by atoms with Gasteiger partial charge in [-0.15, -0.1) is 0 Å². The molecule has 1 fully saturated rings. The lowest BCUT2D eigenvalue weighted by molar-refractivity contribution is -0.153. The van der Waals surface area contributed by atoms with Crippen molar-refractivity contribution in [2.24, 2.45) is 0 Å². The Hall–Kier alpha value is -1.40. The fourth-order valence-corrected chi connectivity index (χ4v) is 3.01. The Morgan fingerprint density at radius 3 is 2.86 bits per heavy atom. The van der Waals surface area contributed by atoms with Gasteiger partial charge >= 0.3 is 5.97 Å². The minimum absolute atomic E-state index is 0.0926. The second kappa shape index (κ2) is 6.58. The summed E-state index contributed by atoms with van der Waals surface area (Å²) in [7, 11) is 0. The van der Waals surface area contributed by atoms with Crippen molar-refractivity contribution in [2.45, 2.75) is 31.7 Å². The van der Waals surface area contributed by atoms with Crippen LogP contribution >= 0.6 is 15.9 Å². The first kappa shape index (κ1) is 16.0. The number of anilines is 1. The average Bonchev–Trinajstić information content (AvgIpc) is 2.41. The van der Waals surface area contributed by atoms with E-state index < -0.39 is 11.5 Å². The molecule has 21 heavy (non-hydrogen) atoms. The van der Waals surface area contributed by atoms with Crippen molar-refractivity contribution in [2.75, 3.05) is 18.4 Å². The van der Waals surface area contributed by atoms with Crippen molar-refractivity contribution < 1.29 is 14.7 Å². The molecule has 0 aromatic heterocycles. The summed E-state index contributed by atoms with van der Waals surface area (Å²) in [6.45, 7) is 2.42. The zero-order valence-electron chi connectivity index (χ0n) is 11.9. The molecule has 1 aliphatic rings. The van der Waals surface area contributed by atoms with Crippen LogP contribution in [0.1, 0.15) is 26.2 Å². The smallest absolute Gasteiger partial charge is 0.323 e. The second-order valence-corrected chi connectivity index (χ2v) is 6.43. The van der Waals surface area contributed by atoms with Gasteiger partial charge in [0, 0.05) is 10.2 Å². The van der Waals surface area contributed by atoms with Crippen LogP contribution in [-0.2, 0) is 9.59 Å². The molecule has 2 rings (SSSR count). The summed E-state index contributed by atoms with van der Waals surface area (Å²) in [5.41, 5.74) is -0.254. The molecule has 0 spiro atoms. The normalized spacial score (nSPS) is 22.8. The summed E-state index contributed by atoms with van der Waals surface area (Å²) in [6.07, 6.45) is 2.38. The molecule has 1 atom stereocenters.